The summed E-state index contributed by atoms with van der Waals surface area (Å²) in [4.78, 5) is 24.7. The van der Waals surface area contributed by atoms with Crippen LogP contribution in [0.3, 0.4) is 0 Å². The number of benzene rings is 1. The Kier molecular flexibility index (Phi) is 3.55. The van der Waals surface area contributed by atoms with Gasteiger partial charge in [0, 0.05) is 13.0 Å². The predicted octanol–water partition coefficient (Wildman–Crippen LogP) is 2.13. The normalized spacial score (nSPS) is 22.9. The van der Waals surface area contributed by atoms with Crippen LogP contribution in [0, 0.1) is 18.7 Å². The summed E-state index contributed by atoms with van der Waals surface area (Å²) in [6.07, 6.45) is 0.00423. The molecule has 2 atom stereocenters. The maximum Gasteiger partial charge on any atom is 0.309 e. The summed E-state index contributed by atoms with van der Waals surface area (Å²) in [5, 5.41) is 9.25. The molecule has 19 heavy (non-hydrogen) atoms. The van der Waals surface area contributed by atoms with Crippen molar-refractivity contribution in [2.45, 2.75) is 26.3 Å². The Morgan fingerprint density at radius 1 is 1.53 bits per heavy atom. The lowest BCUT2D eigenvalue weighted by atomic mass is 9.92. The van der Waals surface area contributed by atoms with Gasteiger partial charge in [0.15, 0.2) is 0 Å². The Bertz CT molecular complexity index is 529. The summed E-state index contributed by atoms with van der Waals surface area (Å²) >= 11 is 0. The minimum Gasteiger partial charge on any atom is -0.481 e. The molecule has 0 spiro atoms. The molecule has 1 saturated heterocycles. The van der Waals surface area contributed by atoms with Gasteiger partial charge in [-0.3, -0.25) is 9.59 Å². The van der Waals surface area contributed by atoms with Crippen molar-refractivity contribution in [1.29, 1.82) is 0 Å². The largest absolute Gasteiger partial charge is 0.481 e. The van der Waals surface area contributed by atoms with E-state index in [2.05, 4.69) is 0 Å². The molecule has 1 N–H and O–H groups in total. The van der Waals surface area contributed by atoms with E-state index in [4.69, 9.17) is 0 Å². The molecule has 0 aliphatic carbocycles. The third-order valence-corrected chi connectivity index (χ3v) is 3.61. The molecule has 1 heterocycles. The number of carbonyl (C=O) groups excluding carboxylic acids is 1. The molecule has 1 aromatic carbocycles. The summed E-state index contributed by atoms with van der Waals surface area (Å²) in [5.41, 5.74) is 1.14. The van der Waals surface area contributed by atoms with Crippen molar-refractivity contribution in [1.82, 2.24) is 4.90 Å². The van der Waals surface area contributed by atoms with E-state index in [1.54, 1.807) is 24.0 Å². The first-order chi connectivity index (χ1) is 8.95. The van der Waals surface area contributed by atoms with Gasteiger partial charge in [-0.1, -0.05) is 12.1 Å². The number of carboxylic acids is 1. The lowest BCUT2D eigenvalue weighted by molar-refractivity contribution is -0.142. The standard InChI is InChI=1S/C14H16FNO3/c1-3-16-12(17)7-10(14(18)19)13(16)9-4-5-11(15)8(2)6-9/h4-6,10,13H,3,7H2,1-2H3,(H,18,19). The van der Waals surface area contributed by atoms with Crippen molar-refractivity contribution < 1.29 is 19.1 Å². The monoisotopic (exact) mass is 265 g/mol. The van der Waals surface area contributed by atoms with Gasteiger partial charge in [-0.05, 0) is 31.0 Å². The number of carbonyl (C=O) groups is 2. The summed E-state index contributed by atoms with van der Waals surface area (Å²) in [6.45, 7) is 3.89. The van der Waals surface area contributed by atoms with E-state index < -0.39 is 17.9 Å². The molecule has 0 bridgehead atoms. The average Bonchev–Trinajstić information content (AvgIpc) is 2.69. The summed E-state index contributed by atoms with van der Waals surface area (Å²) < 4.78 is 13.3. The highest BCUT2D eigenvalue weighted by atomic mass is 19.1. The number of aryl methyl sites for hydroxylation is 1. The van der Waals surface area contributed by atoms with Gasteiger partial charge in [-0.15, -0.1) is 0 Å². The minimum atomic E-state index is -0.990. The van der Waals surface area contributed by atoms with Gasteiger partial charge in [0.2, 0.25) is 5.91 Å². The first-order valence-electron chi connectivity index (χ1n) is 6.24. The fourth-order valence-electron chi connectivity index (χ4n) is 2.65. The molecule has 0 radical (unpaired) electrons. The average molecular weight is 265 g/mol. The van der Waals surface area contributed by atoms with Crippen LogP contribution in [0.25, 0.3) is 0 Å². The van der Waals surface area contributed by atoms with Crippen molar-refractivity contribution in [2.24, 2.45) is 5.92 Å². The zero-order valence-electron chi connectivity index (χ0n) is 10.9. The first-order valence-corrected chi connectivity index (χ1v) is 6.24. The topological polar surface area (TPSA) is 57.6 Å². The van der Waals surface area contributed by atoms with Gasteiger partial charge in [0.25, 0.3) is 0 Å². The molecular formula is C14H16FNO3. The Hall–Kier alpha value is -1.91. The number of halogens is 1. The first kappa shape index (κ1) is 13.5. The number of amides is 1. The number of likely N-dealkylation sites (tertiary alicyclic amines) is 1. The predicted molar refractivity (Wildman–Crippen MR) is 67.0 cm³/mol. The Morgan fingerprint density at radius 2 is 2.21 bits per heavy atom. The molecule has 1 aliphatic rings. The van der Waals surface area contributed by atoms with Crippen molar-refractivity contribution in [2.75, 3.05) is 6.54 Å². The lowest BCUT2D eigenvalue weighted by Gasteiger charge is -2.26. The molecule has 2 unspecified atom stereocenters. The van der Waals surface area contributed by atoms with Crippen LogP contribution in [0.2, 0.25) is 0 Å². The number of nitrogens with zero attached hydrogens (tertiary/aromatic N) is 1. The van der Waals surface area contributed by atoms with Gasteiger partial charge in [0.05, 0.1) is 12.0 Å². The van der Waals surface area contributed by atoms with E-state index in [0.29, 0.717) is 17.7 Å². The third-order valence-electron chi connectivity index (χ3n) is 3.61. The van der Waals surface area contributed by atoms with Crippen molar-refractivity contribution in [3.8, 4) is 0 Å². The van der Waals surface area contributed by atoms with Crippen molar-refractivity contribution in [3.05, 3.63) is 35.1 Å². The van der Waals surface area contributed by atoms with E-state index in [-0.39, 0.29) is 18.1 Å². The van der Waals surface area contributed by atoms with Crippen LogP contribution < -0.4 is 0 Å². The molecule has 4 nitrogen and oxygen atoms in total. The minimum absolute atomic E-state index is 0.00423. The fourth-order valence-corrected chi connectivity index (χ4v) is 2.65. The third kappa shape index (κ3) is 2.32. The van der Waals surface area contributed by atoms with Gasteiger partial charge < -0.3 is 10.0 Å². The van der Waals surface area contributed by atoms with E-state index in [1.165, 1.54) is 6.07 Å². The second-order valence-corrected chi connectivity index (χ2v) is 4.78. The smallest absolute Gasteiger partial charge is 0.309 e. The SMILES string of the molecule is CCN1C(=O)CC(C(=O)O)C1c1ccc(F)c(C)c1. The highest BCUT2D eigenvalue weighted by Crippen LogP contribution is 2.38. The Balaban J connectivity index is 2.45. The Morgan fingerprint density at radius 3 is 2.74 bits per heavy atom. The number of hydrogen-bond donors (Lipinski definition) is 1. The number of rotatable bonds is 3. The zero-order chi connectivity index (χ0) is 14.2. The molecule has 1 aliphatic heterocycles. The van der Waals surface area contributed by atoms with Crippen LogP contribution in [0.1, 0.15) is 30.5 Å². The summed E-state index contributed by atoms with van der Waals surface area (Å²) in [5.74, 6) is -2.25. The van der Waals surface area contributed by atoms with Gasteiger partial charge in [-0.25, -0.2) is 4.39 Å². The maximum absolute atomic E-state index is 13.3. The molecule has 2 rings (SSSR count). The highest BCUT2D eigenvalue weighted by molar-refractivity contribution is 5.87. The van der Waals surface area contributed by atoms with Crippen LogP contribution in [0.4, 0.5) is 4.39 Å². The maximum atomic E-state index is 13.3. The number of aliphatic carboxylic acids is 1. The molecule has 1 amide bonds. The number of hydrogen-bond acceptors (Lipinski definition) is 2. The number of carboxylic acid groups (broad SMARTS) is 1. The molecule has 0 aromatic heterocycles. The van der Waals surface area contributed by atoms with Crippen molar-refractivity contribution in [3.63, 3.8) is 0 Å². The van der Waals surface area contributed by atoms with E-state index >= 15 is 0 Å². The summed E-state index contributed by atoms with van der Waals surface area (Å²) in [6, 6.07) is 4.00. The Labute approximate surface area is 110 Å². The summed E-state index contributed by atoms with van der Waals surface area (Å²) in [7, 11) is 0. The fraction of sp³-hybridized carbons (Fsp3) is 0.429. The molecule has 1 aromatic rings. The molecular weight excluding hydrogens is 249 g/mol. The van der Waals surface area contributed by atoms with Crippen LogP contribution >= 0.6 is 0 Å². The second kappa shape index (κ2) is 4.99. The van der Waals surface area contributed by atoms with Crippen LogP contribution in [-0.4, -0.2) is 28.4 Å². The highest BCUT2D eigenvalue weighted by Gasteiger charge is 2.43. The molecule has 1 fully saturated rings. The van der Waals surface area contributed by atoms with Gasteiger partial charge in [0.1, 0.15) is 5.82 Å². The second-order valence-electron chi connectivity index (χ2n) is 4.78. The van der Waals surface area contributed by atoms with Gasteiger partial charge >= 0.3 is 5.97 Å². The quantitative estimate of drug-likeness (QED) is 0.910. The van der Waals surface area contributed by atoms with E-state index in [0.717, 1.165) is 0 Å². The molecule has 5 heteroatoms. The van der Waals surface area contributed by atoms with Gasteiger partial charge in [-0.2, -0.15) is 0 Å². The van der Waals surface area contributed by atoms with E-state index in [9.17, 15) is 19.1 Å². The molecule has 102 valence electrons. The van der Waals surface area contributed by atoms with Crippen LogP contribution in [-0.2, 0) is 9.59 Å². The van der Waals surface area contributed by atoms with Crippen LogP contribution in [0.15, 0.2) is 18.2 Å². The molecule has 0 saturated carbocycles. The van der Waals surface area contributed by atoms with Crippen molar-refractivity contribution >= 4 is 11.9 Å². The van der Waals surface area contributed by atoms with Crippen LogP contribution in [0.5, 0.6) is 0 Å². The van der Waals surface area contributed by atoms with E-state index in [1.807, 2.05) is 6.92 Å². The zero-order valence-corrected chi connectivity index (χ0v) is 10.9. The lowest BCUT2D eigenvalue weighted by Crippen LogP contribution is -2.30.